The lowest BCUT2D eigenvalue weighted by molar-refractivity contribution is -0.692. The van der Waals surface area contributed by atoms with Crippen molar-refractivity contribution < 1.29 is 9.67 Å². The number of aromatic nitrogens is 1. The largest absolute Gasteiger partial charge is 0.395 e. The molecule has 0 saturated heterocycles. The van der Waals surface area contributed by atoms with Crippen molar-refractivity contribution in [3.05, 3.63) is 59.9 Å². The molecular formula is C21H29N4OS+. The number of amidine groups is 1. The average Bonchev–Trinajstić information content (AvgIpc) is 2.69. The maximum atomic E-state index is 8.99. The van der Waals surface area contributed by atoms with E-state index < -0.39 is 0 Å². The highest BCUT2D eigenvalue weighted by atomic mass is 32.2. The maximum absolute atomic E-state index is 8.99. The maximum Gasteiger partial charge on any atom is 0.169 e. The number of nitrogens with zero attached hydrogens (tertiary/aromatic N) is 3. The first-order chi connectivity index (χ1) is 13.1. The summed E-state index contributed by atoms with van der Waals surface area (Å²) in [5.41, 5.74) is 3.29. The SMILES string of the molecule is C/N=C(\SCC[n+]1ccc(/C=C/c2ccccc2NCCO)cc1)N(C)C. The normalized spacial score (nSPS) is 11.8. The standard InChI is InChI=1S/C21H28N4OS/c1-22-21(24(2)3)27-17-15-25-13-10-18(11-14-25)8-9-19-6-4-5-7-20(19)23-12-16-26/h4-11,13-14,26H,12,15-17H2,1-3H3/p+1/b22-21-. The Morgan fingerprint density at radius 2 is 1.93 bits per heavy atom. The number of pyridine rings is 1. The lowest BCUT2D eigenvalue weighted by Crippen LogP contribution is -2.34. The van der Waals surface area contributed by atoms with Crippen molar-refractivity contribution in [2.75, 3.05) is 45.4 Å². The quantitative estimate of drug-likeness (QED) is 0.417. The van der Waals surface area contributed by atoms with E-state index in [9.17, 15) is 0 Å². The number of anilines is 1. The van der Waals surface area contributed by atoms with Gasteiger partial charge in [0.25, 0.3) is 0 Å². The number of thioether (sulfide) groups is 1. The van der Waals surface area contributed by atoms with Gasteiger partial charge in [0.05, 0.1) is 12.4 Å². The van der Waals surface area contributed by atoms with E-state index in [4.69, 9.17) is 5.11 Å². The molecular weight excluding hydrogens is 356 g/mol. The number of aryl methyl sites for hydroxylation is 1. The molecule has 6 heteroatoms. The summed E-state index contributed by atoms with van der Waals surface area (Å²) in [6.45, 7) is 1.61. The monoisotopic (exact) mass is 385 g/mol. The van der Waals surface area contributed by atoms with Crippen LogP contribution >= 0.6 is 11.8 Å². The zero-order valence-electron chi connectivity index (χ0n) is 16.3. The van der Waals surface area contributed by atoms with Gasteiger partial charge in [-0.25, -0.2) is 4.57 Å². The Morgan fingerprint density at radius 1 is 1.19 bits per heavy atom. The molecule has 0 aliphatic carbocycles. The number of nitrogens with one attached hydrogen (secondary N) is 1. The predicted molar refractivity (Wildman–Crippen MR) is 117 cm³/mol. The molecule has 0 fully saturated rings. The fraction of sp³-hybridized carbons (Fsp3) is 0.333. The van der Waals surface area contributed by atoms with Crippen LogP contribution in [0.25, 0.3) is 12.2 Å². The fourth-order valence-corrected chi connectivity index (χ4v) is 3.42. The lowest BCUT2D eigenvalue weighted by atomic mass is 10.1. The molecule has 5 nitrogen and oxygen atoms in total. The molecule has 0 saturated carbocycles. The predicted octanol–water partition coefficient (Wildman–Crippen LogP) is 2.83. The first-order valence-electron chi connectivity index (χ1n) is 9.02. The number of aliphatic hydroxyl groups is 1. The number of aliphatic hydroxyl groups excluding tert-OH is 1. The van der Waals surface area contributed by atoms with Crippen LogP contribution in [-0.4, -0.2) is 55.2 Å². The van der Waals surface area contributed by atoms with E-state index in [0.717, 1.165) is 34.3 Å². The molecule has 144 valence electrons. The van der Waals surface area contributed by atoms with E-state index in [1.807, 2.05) is 44.2 Å². The summed E-state index contributed by atoms with van der Waals surface area (Å²) in [4.78, 5) is 6.32. The minimum atomic E-state index is 0.120. The van der Waals surface area contributed by atoms with Crippen LogP contribution in [0.2, 0.25) is 0 Å². The van der Waals surface area contributed by atoms with Crippen molar-refractivity contribution in [2.24, 2.45) is 4.99 Å². The molecule has 0 unspecified atom stereocenters. The molecule has 2 aromatic rings. The van der Waals surface area contributed by atoms with Crippen LogP contribution in [0, 0.1) is 0 Å². The van der Waals surface area contributed by atoms with Crippen LogP contribution in [-0.2, 0) is 6.54 Å². The topological polar surface area (TPSA) is 51.7 Å². The van der Waals surface area contributed by atoms with E-state index in [1.54, 1.807) is 11.8 Å². The number of benzene rings is 1. The Bertz CT molecular complexity index is 757. The van der Waals surface area contributed by atoms with Crippen LogP contribution < -0.4 is 9.88 Å². The van der Waals surface area contributed by atoms with Gasteiger partial charge in [-0.15, -0.1) is 0 Å². The molecule has 0 spiro atoms. The molecule has 0 aliphatic rings. The third-order valence-corrected chi connectivity index (χ3v) is 5.11. The Morgan fingerprint density at radius 3 is 2.59 bits per heavy atom. The minimum absolute atomic E-state index is 0.120. The van der Waals surface area contributed by atoms with Crippen LogP contribution in [0.15, 0.2) is 53.8 Å². The summed E-state index contributed by atoms with van der Waals surface area (Å²) in [6.07, 6.45) is 8.41. The molecule has 0 radical (unpaired) electrons. The van der Waals surface area contributed by atoms with Gasteiger partial charge >= 0.3 is 0 Å². The second-order valence-electron chi connectivity index (χ2n) is 6.19. The minimum Gasteiger partial charge on any atom is -0.395 e. The fourth-order valence-electron chi connectivity index (χ4n) is 2.54. The van der Waals surface area contributed by atoms with Crippen LogP contribution in [0.3, 0.4) is 0 Å². The summed E-state index contributed by atoms with van der Waals surface area (Å²) < 4.78 is 2.18. The van der Waals surface area contributed by atoms with E-state index in [1.165, 1.54) is 0 Å². The Labute approximate surface area is 166 Å². The van der Waals surface area contributed by atoms with E-state index in [0.29, 0.717) is 6.54 Å². The molecule has 1 aromatic carbocycles. The van der Waals surface area contributed by atoms with E-state index in [-0.39, 0.29) is 6.61 Å². The smallest absolute Gasteiger partial charge is 0.169 e. The number of rotatable bonds is 8. The zero-order valence-corrected chi connectivity index (χ0v) is 17.1. The summed E-state index contributed by atoms with van der Waals surface area (Å²) in [5.74, 6) is 0.981. The van der Waals surface area contributed by atoms with Gasteiger partial charge in [0.2, 0.25) is 0 Å². The second-order valence-corrected chi connectivity index (χ2v) is 7.25. The van der Waals surface area contributed by atoms with Gasteiger partial charge in [-0.2, -0.15) is 0 Å². The van der Waals surface area contributed by atoms with Crippen molar-refractivity contribution in [3.8, 4) is 0 Å². The van der Waals surface area contributed by atoms with Gasteiger partial charge in [-0.05, 0) is 17.2 Å². The molecule has 1 aromatic heterocycles. The Kier molecular flexibility index (Phi) is 8.87. The molecule has 0 amide bonds. The van der Waals surface area contributed by atoms with Crippen LogP contribution in [0.4, 0.5) is 5.69 Å². The van der Waals surface area contributed by atoms with Crippen LogP contribution in [0.5, 0.6) is 0 Å². The van der Waals surface area contributed by atoms with Crippen molar-refractivity contribution in [1.82, 2.24) is 4.90 Å². The van der Waals surface area contributed by atoms with Crippen molar-refractivity contribution in [3.63, 3.8) is 0 Å². The summed E-state index contributed by atoms with van der Waals surface area (Å²) in [5, 5.41) is 13.3. The zero-order chi connectivity index (χ0) is 19.5. The number of aliphatic imine (C=N–C) groups is 1. The molecule has 1 heterocycles. The highest BCUT2D eigenvalue weighted by Gasteiger charge is 2.05. The third kappa shape index (κ3) is 7.07. The van der Waals surface area contributed by atoms with Gasteiger partial charge in [-0.3, -0.25) is 4.99 Å². The van der Waals surface area contributed by atoms with E-state index in [2.05, 4.69) is 57.6 Å². The summed E-state index contributed by atoms with van der Waals surface area (Å²) >= 11 is 1.76. The third-order valence-electron chi connectivity index (χ3n) is 3.91. The molecule has 27 heavy (non-hydrogen) atoms. The van der Waals surface area contributed by atoms with Crippen molar-refractivity contribution in [1.29, 1.82) is 0 Å². The van der Waals surface area contributed by atoms with Crippen LogP contribution in [0.1, 0.15) is 11.1 Å². The van der Waals surface area contributed by atoms with Gasteiger partial charge in [0.15, 0.2) is 24.1 Å². The lowest BCUT2D eigenvalue weighted by Gasteiger charge is -2.13. The highest BCUT2D eigenvalue weighted by Crippen LogP contribution is 2.17. The Balaban J connectivity index is 1.93. The highest BCUT2D eigenvalue weighted by molar-refractivity contribution is 8.13. The molecule has 0 bridgehead atoms. The number of para-hydroxylation sites is 1. The first kappa shape index (κ1) is 21.0. The van der Waals surface area contributed by atoms with Gasteiger partial charge < -0.3 is 15.3 Å². The molecule has 2 rings (SSSR count). The van der Waals surface area contributed by atoms with Gasteiger partial charge in [0, 0.05) is 45.5 Å². The summed E-state index contributed by atoms with van der Waals surface area (Å²) in [7, 11) is 5.86. The number of hydrogen-bond acceptors (Lipinski definition) is 4. The van der Waals surface area contributed by atoms with E-state index >= 15 is 0 Å². The Hall–Kier alpha value is -2.31. The summed E-state index contributed by atoms with van der Waals surface area (Å²) in [6, 6.07) is 12.3. The van der Waals surface area contributed by atoms with Gasteiger partial charge in [-0.1, -0.05) is 42.1 Å². The second kappa shape index (κ2) is 11.4. The van der Waals surface area contributed by atoms with Crippen molar-refractivity contribution >= 4 is 34.8 Å². The molecule has 0 aliphatic heterocycles. The van der Waals surface area contributed by atoms with Gasteiger partial charge in [0.1, 0.15) is 0 Å². The number of hydrogen-bond donors (Lipinski definition) is 2. The molecule has 0 atom stereocenters. The molecule has 2 N–H and O–H groups in total. The average molecular weight is 386 g/mol. The van der Waals surface area contributed by atoms with Crippen molar-refractivity contribution in [2.45, 2.75) is 6.54 Å². The first-order valence-corrected chi connectivity index (χ1v) is 10.0.